The van der Waals surface area contributed by atoms with Crippen LogP contribution in [0.4, 0.5) is 4.39 Å². The molecule has 0 heterocycles. The molecule has 2 rings (SSSR count). The van der Waals surface area contributed by atoms with Crippen molar-refractivity contribution in [3.05, 3.63) is 70.5 Å². The summed E-state index contributed by atoms with van der Waals surface area (Å²) in [5.41, 5.74) is 8.65. The number of hydrogen-bond donors (Lipinski definition) is 2. The van der Waals surface area contributed by atoms with Crippen LogP contribution in [0.2, 0.25) is 0 Å². The summed E-state index contributed by atoms with van der Waals surface area (Å²) in [6.07, 6.45) is 0. The monoisotopic (exact) mass is 288 g/mol. The van der Waals surface area contributed by atoms with Crippen LogP contribution in [0.25, 0.3) is 0 Å². The predicted molar refractivity (Wildman–Crippen MR) is 78.6 cm³/mol. The van der Waals surface area contributed by atoms with Crippen LogP contribution in [-0.4, -0.2) is 11.0 Å². The second-order valence-electron chi connectivity index (χ2n) is 4.71. The van der Waals surface area contributed by atoms with Crippen LogP contribution in [-0.2, 0) is 18.0 Å². The summed E-state index contributed by atoms with van der Waals surface area (Å²) in [4.78, 5) is 0. The zero-order chi connectivity index (χ0) is 15.2. The van der Waals surface area contributed by atoms with Crippen molar-refractivity contribution in [1.29, 1.82) is 0 Å². The summed E-state index contributed by atoms with van der Waals surface area (Å²) in [6, 6.07) is 12.0. The van der Waals surface area contributed by atoms with E-state index in [-0.39, 0.29) is 18.3 Å². The number of nitrogens with zero attached hydrogens (tertiary/aromatic N) is 1. The molecule has 0 saturated heterocycles. The fourth-order valence-corrected chi connectivity index (χ4v) is 1.96. The SMILES string of the molecule is Cc1cc(/C(N)=N/O)ccc1COCc1ccccc1F. The molecule has 0 atom stereocenters. The molecule has 21 heavy (non-hydrogen) atoms. The third-order valence-electron chi connectivity index (χ3n) is 3.22. The molecule has 2 aromatic carbocycles. The second kappa shape index (κ2) is 6.85. The van der Waals surface area contributed by atoms with Crippen molar-refractivity contribution in [2.75, 3.05) is 0 Å². The molecule has 0 saturated carbocycles. The number of nitrogens with two attached hydrogens (primary N) is 1. The number of rotatable bonds is 5. The highest BCUT2D eigenvalue weighted by Gasteiger charge is 2.05. The van der Waals surface area contributed by atoms with Crippen LogP contribution in [0, 0.1) is 12.7 Å². The maximum absolute atomic E-state index is 13.4. The third-order valence-corrected chi connectivity index (χ3v) is 3.22. The molecule has 0 unspecified atom stereocenters. The Bertz CT molecular complexity index is 656. The number of aryl methyl sites for hydroxylation is 1. The summed E-state index contributed by atoms with van der Waals surface area (Å²) in [6.45, 7) is 2.50. The molecule has 0 aromatic heterocycles. The first-order chi connectivity index (χ1) is 10.1. The van der Waals surface area contributed by atoms with Gasteiger partial charge in [0.2, 0.25) is 0 Å². The minimum absolute atomic E-state index is 0.0666. The molecule has 4 nitrogen and oxygen atoms in total. The van der Waals surface area contributed by atoms with E-state index in [2.05, 4.69) is 5.16 Å². The zero-order valence-corrected chi connectivity index (χ0v) is 11.7. The smallest absolute Gasteiger partial charge is 0.170 e. The van der Waals surface area contributed by atoms with Crippen molar-refractivity contribution in [2.24, 2.45) is 10.9 Å². The van der Waals surface area contributed by atoms with Crippen molar-refractivity contribution >= 4 is 5.84 Å². The van der Waals surface area contributed by atoms with E-state index in [0.717, 1.165) is 11.1 Å². The number of amidine groups is 1. The summed E-state index contributed by atoms with van der Waals surface area (Å²) >= 11 is 0. The Labute approximate surface area is 122 Å². The van der Waals surface area contributed by atoms with Crippen molar-refractivity contribution in [3.63, 3.8) is 0 Å². The van der Waals surface area contributed by atoms with E-state index in [1.54, 1.807) is 24.3 Å². The summed E-state index contributed by atoms with van der Waals surface area (Å²) in [7, 11) is 0. The highest BCUT2D eigenvalue weighted by Crippen LogP contribution is 2.14. The van der Waals surface area contributed by atoms with E-state index in [1.807, 2.05) is 19.1 Å². The highest BCUT2D eigenvalue weighted by molar-refractivity contribution is 5.97. The van der Waals surface area contributed by atoms with Crippen molar-refractivity contribution in [3.8, 4) is 0 Å². The van der Waals surface area contributed by atoms with Gasteiger partial charge in [-0.15, -0.1) is 0 Å². The highest BCUT2D eigenvalue weighted by atomic mass is 19.1. The Morgan fingerprint density at radius 2 is 1.90 bits per heavy atom. The molecule has 5 heteroatoms. The number of oxime groups is 1. The van der Waals surface area contributed by atoms with Gasteiger partial charge < -0.3 is 15.7 Å². The molecule has 0 amide bonds. The minimum atomic E-state index is -0.267. The van der Waals surface area contributed by atoms with Gasteiger partial charge in [0.25, 0.3) is 0 Å². The second-order valence-corrected chi connectivity index (χ2v) is 4.71. The predicted octanol–water partition coefficient (Wildman–Crippen LogP) is 2.95. The third kappa shape index (κ3) is 3.79. The summed E-state index contributed by atoms with van der Waals surface area (Å²) in [5, 5.41) is 11.6. The van der Waals surface area contributed by atoms with Crippen LogP contribution in [0.3, 0.4) is 0 Å². The van der Waals surface area contributed by atoms with E-state index in [4.69, 9.17) is 15.7 Å². The molecule has 110 valence electrons. The molecular weight excluding hydrogens is 271 g/mol. The normalized spacial score (nSPS) is 11.6. The first-order valence-corrected chi connectivity index (χ1v) is 6.50. The number of hydrogen-bond acceptors (Lipinski definition) is 3. The number of benzene rings is 2. The standard InChI is InChI=1S/C16H17FN2O2/c1-11-8-12(16(18)19-20)6-7-13(11)9-21-10-14-4-2-3-5-15(14)17/h2-8,20H,9-10H2,1H3,(H2,18,19). The van der Waals surface area contributed by atoms with Gasteiger partial charge in [0.05, 0.1) is 13.2 Å². The average molecular weight is 288 g/mol. The van der Waals surface area contributed by atoms with Gasteiger partial charge in [-0.1, -0.05) is 35.5 Å². The van der Waals surface area contributed by atoms with Gasteiger partial charge in [-0.3, -0.25) is 0 Å². The number of ether oxygens (including phenoxy) is 1. The lowest BCUT2D eigenvalue weighted by Crippen LogP contribution is -2.13. The van der Waals surface area contributed by atoms with Gasteiger partial charge >= 0.3 is 0 Å². The molecule has 0 aliphatic heterocycles. The van der Waals surface area contributed by atoms with E-state index in [0.29, 0.717) is 17.7 Å². The fourth-order valence-electron chi connectivity index (χ4n) is 1.96. The average Bonchev–Trinajstić information content (AvgIpc) is 2.50. The van der Waals surface area contributed by atoms with Gasteiger partial charge in [-0.2, -0.15) is 0 Å². The van der Waals surface area contributed by atoms with Crippen LogP contribution in [0.5, 0.6) is 0 Å². The summed E-state index contributed by atoms with van der Waals surface area (Å²) < 4.78 is 19.0. The van der Waals surface area contributed by atoms with Crippen LogP contribution in [0.1, 0.15) is 22.3 Å². The lowest BCUT2D eigenvalue weighted by molar-refractivity contribution is 0.104. The lowest BCUT2D eigenvalue weighted by atomic mass is 10.1. The number of halogens is 1. The van der Waals surface area contributed by atoms with Gasteiger partial charge in [-0.25, -0.2) is 4.39 Å². The van der Waals surface area contributed by atoms with Gasteiger partial charge in [0, 0.05) is 11.1 Å². The first kappa shape index (κ1) is 15.0. The van der Waals surface area contributed by atoms with Crippen LogP contribution < -0.4 is 5.73 Å². The first-order valence-electron chi connectivity index (χ1n) is 6.50. The molecule has 0 radical (unpaired) electrons. The largest absolute Gasteiger partial charge is 0.409 e. The maximum Gasteiger partial charge on any atom is 0.170 e. The Hall–Kier alpha value is -2.40. The van der Waals surface area contributed by atoms with Gasteiger partial charge in [0.1, 0.15) is 5.82 Å². The Kier molecular flexibility index (Phi) is 4.90. The molecule has 3 N–H and O–H groups in total. The van der Waals surface area contributed by atoms with Crippen molar-refractivity contribution in [2.45, 2.75) is 20.1 Å². The van der Waals surface area contributed by atoms with E-state index in [9.17, 15) is 4.39 Å². The quantitative estimate of drug-likeness (QED) is 0.385. The van der Waals surface area contributed by atoms with E-state index < -0.39 is 0 Å². The molecule has 0 aliphatic carbocycles. The minimum Gasteiger partial charge on any atom is -0.409 e. The molecule has 0 aliphatic rings. The van der Waals surface area contributed by atoms with E-state index >= 15 is 0 Å². The molecular formula is C16H17FN2O2. The summed E-state index contributed by atoms with van der Waals surface area (Å²) in [5.74, 6) is -0.201. The van der Waals surface area contributed by atoms with Crippen molar-refractivity contribution < 1.29 is 14.3 Å². The van der Waals surface area contributed by atoms with Gasteiger partial charge in [0.15, 0.2) is 5.84 Å². The Balaban J connectivity index is 1.99. The van der Waals surface area contributed by atoms with Crippen LogP contribution in [0.15, 0.2) is 47.6 Å². The molecule has 0 spiro atoms. The Morgan fingerprint density at radius 3 is 2.57 bits per heavy atom. The molecule has 0 bridgehead atoms. The molecule has 2 aromatic rings. The van der Waals surface area contributed by atoms with Gasteiger partial charge in [-0.05, 0) is 30.2 Å². The lowest BCUT2D eigenvalue weighted by Gasteiger charge is -2.09. The van der Waals surface area contributed by atoms with Crippen molar-refractivity contribution in [1.82, 2.24) is 0 Å². The topological polar surface area (TPSA) is 67.8 Å². The molecule has 0 fully saturated rings. The maximum atomic E-state index is 13.4. The zero-order valence-electron chi connectivity index (χ0n) is 11.7. The van der Waals surface area contributed by atoms with E-state index in [1.165, 1.54) is 6.07 Å². The fraction of sp³-hybridized carbons (Fsp3) is 0.188. The Morgan fingerprint density at radius 1 is 1.19 bits per heavy atom. The van der Waals surface area contributed by atoms with Crippen LogP contribution >= 0.6 is 0 Å².